The average molecular weight is 470 g/mol. The minimum Gasteiger partial charge on any atom is -0.425 e. The van der Waals surface area contributed by atoms with Gasteiger partial charge in [0.2, 0.25) is 11.8 Å². The Morgan fingerprint density at radius 3 is 2.29 bits per heavy atom. The standard InChI is InChI=1S/C28H20ClNO4/c1-15-7-12-19-21-14-20(16-5-3-2-4-6-16)23-25(24(21)28(33)34-22(19)13-15)27(32)30(26(23)31)18-10-8-17(29)9-11-18/h2-14,20,23-25H,1H3/t20-,23+,24-,25+/m1/s1. The molecule has 6 heteroatoms. The van der Waals surface area contributed by atoms with Crippen molar-refractivity contribution in [2.24, 2.45) is 17.8 Å². The Labute approximate surface area is 201 Å². The number of aryl methyl sites for hydroxylation is 1. The first-order valence-corrected chi connectivity index (χ1v) is 11.5. The van der Waals surface area contributed by atoms with Gasteiger partial charge in [-0.25, -0.2) is 4.90 Å². The number of hydrogen-bond acceptors (Lipinski definition) is 4. The first-order chi connectivity index (χ1) is 16.4. The van der Waals surface area contributed by atoms with Gasteiger partial charge in [-0.05, 0) is 54.0 Å². The molecule has 2 amide bonds. The van der Waals surface area contributed by atoms with E-state index in [0.29, 0.717) is 16.5 Å². The molecule has 0 N–H and O–H groups in total. The molecular weight excluding hydrogens is 450 g/mol. The van der Waals surface area contributed by atoms with Crippen molar-refractivity contribution in [2.75, 3.05) is 4.90 Å². The molecule has 34 heavy (non-hydrogen) atoms. The van der Waals surface area contributed by atoms with Crippen LogP contribution in [0.1, 0.15) is 22.6 Å². The first-order valence-electron chi connectivity index (χ1n) is 11.2. The minimum atomic E-state index is -0.852. The van der Waals surface area contributed by atoms with E-state index in [9.17, 15) is 14.4 Å². The van der Waals surface area contributed by atoms with E-state index in [1.165, 1.54) is 4.90 Å². The fourth-order valence-corrected chi connectivity index (χ4v) is 5.64. The Bertz CT molecular complexity index is 1380. The number of carbonyl (C=O) groups is 3. The van der Waals surface area contributed by atoms with E-state index in [0.717, 1.165) is 22.3 Å². The van der Waals surface area contributed by atoms with Gasteiger partial charge in [0.1, 0.15) is 5.75 Å². The molecule has 6 rings (SSSR count). The number of carbonyl (C=O) groups excluding carboxylic acids is 3. The number of anilines is 1. The second-order valence-electron chi connectivity index (χ2n) is 9.00. The van der Waals surface area contributed by atoms with Crippen molar-refractivity contribution in [1.82, 2.24) is 0 Å². The zero-order valence-electron chi connectivity index (χ0n) is 18.3. The highest BCUT2D eigenvalue weighted by molar-refractivity contribution is 6.31. The van der Waals surface area contributed by atoms with Crippen molar-refractivity contribution in [3.8, 4) is 5.75 Å². The SMILES string of the molecule is Cc1ccc2c(c1)OC(=O)[C@@H]1C2=C[C@H](c2ccccc2)[C@@H]2C(=O)N(c3ccc(Cl)cc3)C(=O)[C@H]12. The maximum atomic E-state index is 13.8. The van der Waals surface area contributed by atoms with Gasteiger partial charge in [-0.3, -0.25) is 14.4 Å². The summed E-state index contributed by atoms with van der Waals surface area (Å²) in [5, 5.41) is 0.508. The molecule has 0 spiro atoms. The number of imide groups is 1. The number of ether oxygens (including phenoxy) is 1. The van der Waals surface area contributed by atoms with Gasteiger partial charge in [0.25, 0.3) is 0 Å². The molecule has 0 aromatic heterocycles. The fraction of sp³-hybridized carbons (Fsp3) is 0.179. The van der Waals surface area contributed by atoms with Crippen LogP contribution in [0.4, 0.5) is 5.69 Å². The topological polar surface area (TPSA) is 63.7 Å². The Balaban J connectivity index is 1.55. The number of halogens is 1. The van der Waals surface area contributed by atoms with Crippen LogP contribution in [0.15, 0.2) is 78.9 Å². The molecule has 3 aromatic rings. The number of benzene rings is 3. The van der Waals surface area contributed by atoms with E-state index < -0.39 is 23.7 Å². The summed E-state index contributed by atoms with van der Waals surface area (Å²) in [5.74, 6) is -3.46. The Kier molecular flexibility index (Phi) is 4.71. The number of hydrogen-bond donors (Lipinski definition) is 0. The van der Waals surface area contributed by atoms with Gasteiger partial charge in [-0.15, -0.1) is 0 Å². The second kappa shape index (κ2) is 7.67. The molecule has 2 aliphatic heterocycles. The van der Waals surface area contributed by atoms with E-state index >= 15 is 0 Å². The lowest BCUT2D eigenvalue weighted by Gasteiger charge is -2.38. The van der Waals surface area contributed by atoms with Crippen molar-refractivity contribution < 1.29 is 19.1 Å². The molecule has 1 fully saturated rings. The summed E-state index contributed by atoms with van der Waals surface area (Å²) in [6, 6.07) is 22.0. The van der Waals surface area contributed by atoms with Crippen molar-refractivity contribution in [3.05, 3.63) is 101 Å². The van der Waals surface area contributed by atoms with Crippen LogP contribution < -0.4 is 9.64 Å². The molecule has 1 aliphatic carbocycles. The van der Waals surface area contributed by atoms with Crippen LogP contribution in [-0.2, 0) is 14.4 Å². The van der Waals surface area contributed by atoms with Crippen molar-refractivity contribution in [3.63, 3.8) is 0 Å². The average Bonchev–Trinajstić information content (AvgIpc) is 3.10. The van der Waals surface area contributed by atoms with Crippen LogP contribution in [0.5, 0.6) is 5.75 Å². The molecule has 0 radical (unpaired) electrons. The largest absolute Gasteiger partial charge is 0.425 e. The van der Waals surface area contributed by atoms with E-state index in [2.05, 4.69) is 0 Å². The summed E-state index contributed by atoms with van der Waals surface area (Å²) in [7, 11) is 0. The van der Waals surface area contributed by atoms with E-state index in [4.69, 9.17) is 16.3 Å². The number of allylic oxidation sites excluding steroid dienone is 1. The molecule has 5 nitrogen and oxygen atoms in total. The summed E-state index contributed by atoms with van der Waals surface area (Å²) < 4.78 is 5.69. The fourth-order valence-electron chi connectivity index (χ4n) is 5.51. The molecule has 1 saturated heterocycles. The summed E-state index contributed by atoms with van der Waals surface area (Å²) in [6.45, 7) is 1.93. The Morgan fingerprint density at radius 2 is 1.56 bits per heavy atom. The molecule has 0 unspecified atom stereocenters. The third-order valence-electron chi connectivity index (χ3n) is 7.02. The van der Waals surface area contributed by atoms with Crippen LogP contribution in [-0.4, -0.2) is 17.8 Å². The van der Waals surface area contributed by atoms with E-state index in [1.54, 1.807) is 24.3 Å². The highest BCUT2D eigenvalue weighted by Gasteiger charge is 2.60. The molecule has 168 valence electrons. The molecule has 2 heterocycles. The lowest BCUT2D eigenvalue weighted by molar-refractivity contribution is -0.142. The lowest BCUT2D eigenvalue weighted by Crippen LogP contribution is -2.42. The lowest BCUT2D eigenvalue weighted by atomic mass is 9.64. The number of rotatable bonds is 2. The number of nitrogens with zero attached hydrogens (tertiary/aromatic N) is 1. The van der Waals surface area contributed by atoms with Crippen molar-refractivity contribution in [1.29, 1.82) is 0 Å². The quantitative estimate of drug-likeness (QED) is 0.295. The van der Waals surface area contributed by atoms with Gasteiger partial charge in [0, 0.05) is 16.5 Å². The van der Waals surface area contributed by atoms with Crippen LogP contribution >= 0.6 is 11.6 Å². The van der Waals surface area contributed by atoms with E-state index in [1.807, 2.05) is 61.5 Å². The van der Waals surface area contributed by atoms with Gasteiger partial charge in [-0.1, -0.05) is 60.1 Å². The summed E-state index contributed by atoms with van der Waals surface area (Å²) in [5.41, 5.74) is 3.89. The first kappa shape index (κ1) is 20.9. The monoisotopic (exact) mass is 469 g/mol. The highest BCUT2D eigenvalue weighted by Crippen LogP contribution is 2.54. The summed E-state index contributed by atoms with van der Waals surface area (Å²) in [4.78, 5) is 42.1. The number of fused-ring (bicyclic) bond motifs is 5. The summed E-state index contributed by atoms with van der Waals surface area (Å²) >= 11 is 6.03. The molecule has 0 saturated carbocycles. The van der Waals surface area contributed by atoms with Gasteiger partial charge in [-0.2, -0.15) is 0 Å². The highest BCUT2D eigenvalue weighted by atomic mass is 35.5. The van der Waals surface area contributed by atoms with Crippen LogP contribution in [0.3, 0.4) is 0 Å². The molecule has 0 bridgehead atoms. The van der Waals surface area contributed by atoms with Crippen LogP contribution in [0, 0.1) is 24.7 Å². The van der Waals surface area contributed by atoms with E-state index in [-0.39, 0.29) is 17.7 Å². The predicted molar refractivity (Wildman–Crippen MR) is 128 cm³/mol. The zero-order valence-corrected chi connectivity index (χ0v) is 19.0. The van der Waals surface area contributed by atoms with Gasteiger partial charge in [0.05, 0.1) is 23.4 Å². The summed E-state index contributed by atoms with van der Waals surface area (Å²) in [6.07, 6.45) is 1.99. The Hall–Kier alpha value is -3.70. The predicted octanol–water partition coefficient (Wildman–Crippen LogP) is 5.17. The maximum absolute atomic E-state index is 13.8. The van der Waals surface area contributed by atoms with Crippen molar-refractivity contribution in [2.45, 2.75) is 12.8 Å². The van der Waals surface area contributed by atoms with Crippen LogP contribution in [0.25, 0.3) is 5.57 Å². The number of amides is 2. The zero-order chi connectivity index (χ0) is 23.6. The smallest absolute Gasteiger partial charge is 0.319 e. The number of esters is 1. The second-order valence-corrected chi connectivity index (χ2v) is 9.43. The van der Waals surface area contributed by atoms with Crippen molar-refractivity contribution >= 4 is 40.6 Å². The normalized spacial score (nSPS) is 25.3. The molecule has 3 aromatic carbocycles. The third-order valence-corrected chi connectivity index (χ3v) is 7.27. The third kappa shape index (κ3) is 3.04. The van der Waals surface area contributed by atoms with Crippen LogP contribution in [0.2, 0.25) is 5.02 Å². The van der Waals surface area contributed by atoms with Gasteiger partial charge < -0.3 is 4.74 Å². The molecular formula is C28H20ClNO4. The van der Waals surface area contributed by atoms with Gasteiger partial charge >= 0.3 is 5.97 Å². The van der Waals surface area contributed by atoms with Gasteiger partial charge in [0.15, 0.2) is 0 Å². The molecule has 4 atom stereocenters. The minimum absolute atomic E-state index is 0.316. The Morgan fingerprint density at radius 1 is 0.853 bits per heavy atom. The maximum Gasteiger partial charge on any atom is 0.319 e. The molecule has 3 aliphatic rings.